The number of rotatable bonds is 5. The molecule has 0 aliphatic carbocycles. The molecular formula is C11H13F2N3O. The van der Waals surface area contributed by atoms with E-state index in [-0.39, 0.29) is 6.54 Å². The van der Waals surface area contributed by atoms with Gasteiger partial charge in [-0.3, -0.25) is 0 Å². The van der Waals surface area contributed by atoms with Gasteiger partial charge in [0.25, 0.3) is 6.43 Å². The molecule has 1 atom stereocenters. The van der Waals surface area contributed by atoms with Gasteiger partial charge in [-0.05, 0) is 12.1 Å². The maximum absolute atomic E-state index is 12.0. The summed E-state index contributed by atoms with van der Waals surface area (Å²) in [5.41, 5.74) is 1.83. The molecule has 0 aromatic carbocycles. The topological polar surface area (TPSA) is 49.6 Å². The monoisotopic (exact) mass is 241 g/mol. The lowest BCUT2D eigenvalue weighted by atomic mass is 10.2. The predicted molar refractivity (Wildman–Crippen MR) is 58.9 cm³/mol. The number of nitrogens with one attached hydrogen (secondary N) is 1. The highest BCUT2D eigenvalue weighted by molar-refractivity contribution is 5.53. The summed E-state index contributed by atoms with van der Waals surface area (Å²) in [4.78, 5) is 0. The number of pyridine rings is 1. The van der Waals surface area contributed by atoms with Crippen molar-refractivity contribution in [2.24, 2.45) is 0 Å². The molecule has 2 N–H and O–H groups in total. The summed E-state index contributed by atoms with van der Waals surface area (Å²) in [7, 11) is 0. The summed E-state index contributed by atoms with van der Waals surface area (Å²) in [5.74, 6) is 0. The molecular weight excluding hydrogens is 228 g/mol. The number of nitrogens with zero attached hydrogens (tertiary/aromatic N) is 2. The van der Waals surface area contributed by atoms with Crippen molar-refractivity contribution in [1.82, 2.24) is 14.9 Å². The van der Waals surface area contributed by atoms with E-state index in [1.807, 2.05) is 24.4 Å². The zero-order valence-corrected chi connectivity index (χ0v) is 9.05. The van der Waals surface area contributed by atoms with Crippen LogP contribution in [-0.2, 0) is 6.54 Å². The number of alkyl halides is 2. The highest BCUT2D eigenvalue weighted by atomic mass is 19.3. The van der Waals surface area contributed by atoms with Gasteiger partial charge < -0.3 is 10.4 Å². The van der Waals surface area contributed by atoms with Gasteiger partial charge in [-0.15, -0.1) is 0 Å². The molecule has 0 aliphatic heterocycles. The molecule has 2 aromatic rings. The van der Waals surface area contributed by atoms with Gasteiger partial charge in [0.1, 0.15) is 6.10 Å². The molecule has 2 aromatic heterocycles. The third-order valence-electron chi connectivity index (χ3n) is 2.47. The molecule has 92 valence electrons. The fourth-order valence-electron chi connectivity index (χ4n) is 1.57. The first-order valence-electron chi connectivity index (χ1n) is 5.26. The molecule has 2 heterocycles. The second-order valence-corrected chi connectivity index (χ2v) is 3.73. The van der Waals surface area contributed by atoms with E-state index >= 15 is 0 Å². The van der Waals surface area contributed by atoms with E-state index in [1.54, 1.807) is 10.7 Å². The zero-order chi connectivity index (χ0) is 12.3. The molecule has 0 bridgehead atoms. The molecule has 0 spiro atoms. The van der Waals surface area contributed by atoms with Crippen LogP contribution in [0.2, 0.25) is 0 Å². The Balaban J connectivity index is 1.95. The zero-order valence-electron chi connectivity index (χ0n) is 9.05. The molecule has 6 heteroatoms. The summed E-state index contributed by atoms with van der Waals surface area (Å²) in [5, 5.41) is 15.8. The molecule has 17 heavy (non-hydrogen) atoms. The first kappa shape index (κ1) is 11.9. The van der Waals surface area contributed by atoms with Gasteiger partial charge in [0.05, 0.1) is 11.7 Å². The first-order chi connectivity index (χ1) is 8.18. The molecule has 0 saturated heterocycles. The Labute approximate surface area is 96.9 Å². The molecule has 0 saturated carbocycles. The fourth-order valence-corrected chi connectivity index (χ4v) is 1.57. The van der Waals surface area contributed by atoms with Crippen molar-refractivity contribution in [3.8, 4) is 0 Å². The lowest BCUT2D eigenvalue weighted by Crippen LogP contribution is -2.31. The Morgan fingerprint density at radius 3 is 3.00 bits per heavy atom. The molecule has 0 fully saturated rings. The summed E-state index contributed by atoms with van der Waals surface area (Å²) in [6.45, 7) is 0.263. The Kier molecular flexibility index (Phi) is 3.65. The lowest BCUT2D eigenvalue weighted by Gasteiger charge is -2.09. The maximum atomic E-state index is 12.0. The average molecular weight is 241 g/mol. The van der Waals surface area contributed by atoms with Crippen LogP contribution in [0.3, 0.4) is 0 Å². The summed E-state index contributed by atoms with van der Waals surface area (Å²) in [6.07, 6.45) is -0.854. The van der Waals surface area contributed by atoms with E-state index in [4.69, 9.17) is 5.11 Å². The lowest BCUT2D eigenvalue weighted by molar-refractivity contribution is -0.00339. The van der Waals surface area contributed by atoms with Gasteiger partial charge in [0, 0.05) is 24.8 Å². The van der Waals surface area contributed by atoms with E-state index in [1.165, 1.54) is 0 Å². The van der Waals surface area contributed by atoms with Crippen molar-refractivity contribution in [1.29, 1.82) is 0 Å². The van der Waals surface area contributed by atoms with E-state index in [0.29, 0.717) is 6.54 Å². The highest BCUT2D eigenvalue weighted by Crippen LogP contribution is 2.09. The molecule has 4 nitrogen and oxygen atoms in total. The fraction of sp³-hybridized carbons (Fsp3) is 0.364. The van der Waals surface area contributed by atoms with Gasteiger partial charge in [-0.2, -0.15) is 5.10 Å². The van der Waals surface area contributed by atoms with Crippen LogP contribution in [0.5, 0.6) is 0 Å². The van der Waals surface area contributed by atoms with Crippen LogP contribution in [0.25, 0.3) is 5.52 Å². The summed E-state index contributed by atoms with van der Waals surface area (Å²) in [6, 6.07) is 5.64. The van der Waals surface area contributed by atoms with E-state index in [0.717, 1.165) is 11.1 Å². The highest BCUT2D eigenvalue weighted by Gasteiger charge is 2.15. The number of fused-ring (bicyclic) bond motifs is 1. The summed E-state index contributed by atoms with van der Waals surface area (Å²) >= 11 is 0. The minimum atomic E-state index is -2.72. The Morgan fingerprint density at radius 2 is 2.24 bits per heavy atom. The van der Waals surface area contributed by atoms with Crippen LogP contribution >= 0.6 is 0 Å². The van der Waals surface area contributed by atoms with Crippen LogP contribution in [0.4, 0.5) is 8.78 Å². The number of aliphatic hydroxyl groups is 1. The van der Waals surface area contributed by atoms with Crippen LogP contribution in [0, 0.1) is 0 Å². The van der Waals surface area contributed by atoms with Gasteiger partial charge >= 0.3 is 0 Å². The number of halogens is 2. The van der Waals surface area contributed by atoms with E-state index in [9.17, 15) is 8.78 Å². The van der Waals surface area contributed by atoms with Crippen molar-refractivity contribution in [3.63, 3.8) is 0 Å². The molecule has 0 radical (unpaired) electrons. The van der Waals surface area contributed by atoms with Crippen LogP contribution in [-0.4, -0.2) is 33.8 Å². The van der Waals surface area contributed by atoms with Crippen molar-refractivity contribution >= 4 is 5.52 Å². The SMILES string of the molecule is OC(CNCc1cnn2ccccc12)C(F)F. The predicted octanol–water partition coefficient (Wildman–Crippen LogP) is 1.05. The molecule has 2 rings (SSSR count). The first-order valence-corrected chi connectivity index (χ1v) is 5.26. The van der Waals surface area contributed by atoms with Crippen molar-refractivity contribution in [2.45, 2.75) is 19.1 Å². The van der Waals surface area contributed by atoms with Crippen molar-refractivity contribution in [3.05, 3.63) is 36.2 Å². The number of aliphatic hydroxyl groups excluding tert-OH is 1. The Bertz CT molecular complexity index is 486. The minimum absolute atomic E-state index is 0.137. The normalized spacial score (nSPS) is 13.4. The van der Waals surface area contributed by atoms with Gasteiger partial charge in [0.2, 0.25) is 0 Å². The number of aromatic nitrogens is 2. The standard InChI is InChI=1S/C11H13F2N3O/c12-11(13)10(17)7-14-5-8-6-15-16-4-2-1-3-9(8)16/h1-4,6,10-11,14,17H,5,7H2. The smallest absolute Gasteiger partial charge is 0.265 e. The summed E-state index contributed by atoms with van der Waals surface area (Å²) < 4.78 is 25.8. The largest absolute Gasteiger partial charge is 0.386 e. The van der Waals surface area contributed by atoms with Gasteiger partial charge in [-0.25, -0.2) is 13.3 Å². The van der Waals surface area contributed by atoms with Crippen molar-refractivity contribution < 1.29 is 13.9 Å². The second-order valence-electron chi connectivity index (χ2n) is 3.73. The molecule has 1 unspecified atom stereocenters. The van der Waals surface area contributed by atoms with E-state index in [2.05, 4.69) is 10.4 Å². The van der Waals surface area contributed by atoms with Gasteiger partial charge in [0.15, 0.2) is 0 Å². The number of hydrogen-bond donors (Lipinski definition) is 2. The van der Waals surface area contributed by atoms with E-state index < -0.39 is 12.5 Å². The molecule has 0 aliphatic rings. The van der Waals surface area contributed by atoms with Crippen LogP contribution in [0.15, 0.2) is 30.6 Å². The van der Waals surface area contributed by atoms with Gasteiger partial charge in [-0.1, -0.05) is 6.07 Å². The second kappa shape index (κ2) is 5.20. The molecule has 0 amide bonds. The maximum Gasteiger partial charge on any atom is 0.265 e. The third-order valence-corrected chi connectivity index (χ3v) is 2.47. The Morgan fingerprint density at radius 1 is 1.41 bits per heavy atom. The van der Waals surface area contributed by atoms with Crippen LogP contribution < -0.4 is 5.32 Å². The minimum Gasteiger partial charge on any atom is -0.386 e. The quantitative estimate of drug-likeness (QED) is 0.822. The average Bonchev–Trinajstić information content (AvgIpc) is 2.72. The van der Waals surface area contributed by atoms with Crippen molar-refractivity contribution in [2.75, 3.05) is 6.54 Å². The number of hydrogen-bond acceptors (Lipinski definition) is 3. The Hall–Kier alpha value is -1.53. The third kappa shape index (κ3) is 2.78. The van der Waals surface area contributed by atoms with Crippen LogP contribution in [0.1, 0.15) is 5.56 Å².